The van der Waals surface area contributed by atoms with Crippen LogP contribution in [0.25, 0.3) is 11.3 Å². The lowest BCUT2D eigenvalue weighted by molar-refractivity contribution is -0.0108. The Morgan fingerprint density at radius 2 is 2.19 bits per heavy atom. The minimum atomic E-state index is -0.534. The van der Waals surface area contributed by atoms with Crippen LogP contribution in [0.4, 0.5) is 14.3 Å². The third-order valence-corrected chi connectivity index (χ3v) is 5.58. The maximum Gasteiger partial charge on any atom is 0.323 e. The molecule has 5 nitrogen and oxygen atoms in total. The maximum atomic E-state index is 13.3. The second kappa shape index (κ2) is 7.32. The first-order valence-electron chi connectivity index (χ1n) is 8.69. The van der Waals surface area contributed by atoms with Gasteiger partial charge in [0, 0.05) is 24.0 Å². The summed E-state index contributed by atoms with van der Waals surface area (Å²) in [6.07, 6.45) is 0.235. The molecule has 7 heteroatoms. The number of aromatic nitrogens is 1. The van der Waals surface area contributed by atoms with E-state index in [1.165, 1.54) is 23.5 Å². The van der Waals surface area contributed by atoms with Gasteiger partial charge in [-0.2, -0.15) is 0 Å². The van der Waals surface area contributed by atoms with Crippen LogP contribution < -0.4 is 5.32 Å². The molecule has 2 atom stereocenters. The Labute approximate surface area is 156 Å². The number of halogens is 1. The molecule has 2 amide bonds. The summed E-state index contributed by atoms with van der Waals surface area (Å²) in [6.45, 7) is 7.25. The quantitative estimate of drug-likeness (QED) is 0.824. The van der Waals surface area contributed by atoms with Gasteiger partial charge in [-0.3, -0.25) is 5.32 Å². The Kier molecular flexibility index (Phi) is 5.29. The molecule has 2 unspecified atom stereocenters. The average molecular weight is 377 g/mol. The van der Waals surface area contributed by atoms with Crippen LogP contribution in [0, 0.1) is 17.2 Å². The van der Waals surface area contributed by atoms with Crippen molar-refractivity contribution in [3.8, 4) is 11.3 Å². The molecule has 0 aliphatic carbocycles. The SMILES string of the molecule is CC(C)(C)C1CCN(C(=O)Nc2nc(-c3cccc(F)c3)cs2)CC1O. The zero-order chi connectivity index (χ0) is 18.9. The smallest absolute Gasteiger partial charge is 0.323 e. The standard InChI is InChI=1S/C19H24FN3O2S/c1-19(2,3)14-7-8-23(10-16(14)24)18(25)22-17-21-15(11-26-17)12-5-4-6-13(20)9-12/h4-6,9,11,14,16,24H,7-8,10H2,1-3H3,(H,21,22,25). The minimum absolute atomic E-state index is 0.0111. The first-order chi connectivity index (χ1) is 12.2. The molecule has 1 saturated heterocycles. The van der Waals surface area contributed by atoms with E-state index in [-0.39, 0.29) is 23.2 Å². The van der Waals surface area contributed by atoms with Crippen molar-refractivity contribution in [1.29, 1.82) is 0 Å². The summed E-state index contributed by atoms with van der Waals surface area (Å²) in [6, 6.07) is 5.93. The Bertz CT molecular complexity index is 787. The highest BCUT2D eigenvalue weighted by Crippen LogP contribution is 2.35. The van der Waals surface area contributed by atoms with Crippen LogP contribution in [-0.4, -0.2) is 40.2 Å². The summed E-state index contributed by atoms with van der Waals surface area (Å²) in [5.41, 5.74) is 1.30. The molecule has 1 aromatic carbocycles. The van der Waals surface area contributed by atoms with Crippen molar-refractivity contribution in [3.05, 3.63) is 35.5 Å². The van der Waals surface area contributed by atoms with Crippen LogP contribution in [-0.2, 0) is 0 Å². The third-order valence-electron chi connectivity index (χ3n) is 4.82. The zero-order valence-corrected chi connectivity index (χ0v) is 16.0. The van der Waals surface area contributed by atoms with Crippen molar-refractivity contribution in [1.82, 2.24) is 9.88 Å². The Hall–Kier alpha value is -1.99. The topological polar surface area (TPSA) is 65.5 Å². The van der Waals surface area contributed by atoms with Crippen LogP contribution in [0.2, 0.25) is 0 Å². The van der Waals surface area contributed by atoms with Gasteiger partial charge in [0.25, 0.3) is 0 Å². The van der Waals surface area contributed by atoms with Gasteiger partial charge in [0.15, 0.2) is 5.13 Å². The fourth-order valence-corrected chi connectivity index (χ4v) is 4.12. The number of thiazole rings is 1. The normalized spacial score (nSPS) is 20.9. The van der Waals surface area contributed by atoms with Crippen LogP contribution in [0.15, 0.2) is 29.6 Å². The van der Waals surface area contributed by atoms with Gasteiger partial charge in [-0.25, -0.2) is 14.2 Å². The van der Waals surface area contributed by atoms with Crippen molar-refractivity contribution >= 4 is 22.5 Å². The van der Waals surface area contributed by atoms with Crippen molar-refractivity contribution < 1.29 is 14.3 Å². The van der Waals surface area contributed by atoms with E-state index in [4.69, 9.17) is 0 Å². The number of urea groups is 1. The van der Waals surface area contributed by atoms with Crippen LogP contribution in [0.1, 0.15) is 27.2 Å². The van der Waals surface area contributed by atoms with Crippen molar-refractivity contribution in [2.75, 3.05) is 18.4 Å². The molecule has 1 aliphatic rings. The van der Waals surface area contributed by atoms with E-state index in [1.807, 2.05) is 0 Å². The van der Waals surface area contributed by atoms with E-state index in [2.05, 4.69) is 31.1 Å². The molecule has 1 aromatic heterocycles. The number of aliphatic hydroxyl groups is 1. The molecule has 140 valence electrons. The van der Waals surface area contributed by atoms with E-state index in [1.54, 1.807) is 22.4 Å². The summed E-state index contributed by atoms with van der Waals surface area (Å²) in [5.74, 6) is -0.150. The molecule has 1 fully saturated rings. The second-order valence-electron chi connectivity index (χ2n) is 7.75. The number of aliphatic hydroxyl groups excluding tert-OH is 1. The zero-order valence-electron chi connectivity index (χ0n) is 15.2. The largest absolute Gasteiger partial charge is 0.391 e. The lowest BCUT2D eigenvalue weighted by Crippen LogP contribution is -2.51. The first-order valence-corrected chi connectivity index (χ1v) is 9.57. The molecular weight excluding hydrogens is 353 g/mol. The second-order valence-corrected chi connectivity index (χ2v) is 8.61. The van der Waals surface area contributed by atoms with E-state index >= 15 is 0 Å². The van der Waals surface area contributed by atoms with Gasteiger partial charge in [-0.05, 0) is 29.9 Å². The van der Waals surface area contributed by atoms with Gasteiger partial charge in [0.05, 0.1) is 11.8 Å². The number of benzene rings is 1. The van der Waals surface area contributed by atoms with E-state index in [0.29, 0.717) is 29.5 Å². The number of hydrogen-bond acceptors (Lipinski definition) is 4. The number of β-amino-alcohol motifs (C(OH)–C–C–N with tert-alkyl or cyclic N) is 1. The van der Waals surface area contributed by atoms with Crippen LogP contribution >= 0.6 is 11.3 Å². The van der Waals surface area contributed by atoms with Gasteiger partial charge >= 0.3 is 6.03 Å². The first kappa shape index (κ1) is 18.8. The van der Waals surface area contributed by atoms with Gasteiger partial charge in [-0.15, -0.1) is 11.3 Å². The molecule has 0 saturated carbocycles. The highest BCUT2D eigenvalue weighted by Gasteiger charge is 2.37. The molecule has 0 bridgehead atoms. The predicted octanol–water partition coefficient (Wildman–Crippen LogP) is 4.21. The molecule has 0 radical (unpaired) electrons. The summed E-state index contributed by atoms with van der Waals surface area (Å²) >= 11 is 1.29. The van der Waals surface area contributed by atoms with Gasteiger partial charge in [0.1, 0.15) is 5.82 Å². The maximum absolute atomic E-state index is 13.3. The van der Waals surface area contributed by atoms with Crippen LogP contribution in [0.3, 0.4) is 0 Å². The van der Waals surface area contributed by atoms with Gasteiger partial charge < -0.3 is 10.0 Å². The Morgan fingerprint density at radius 1 is 1.42 bits per heavy atom. The number of carbonyl (C=O) groups is 1. The number of rotatable bonds is 2. The number of amides is 2. The lowest BCUT2D eigenvalue weighted by Gasteiger charge is -2.42. The third kappa shape index (κ3) is 4.22. The van der Waals surface area contributed by atoms with Gasteiger partial charge in [0.2, 0.25) is 0 Å². The van der Waals surface area contributed by atoms with E-state index < -0.39 is 6.10 Å². The number of anilines is 1. The Morgan fingerprint density at radius 3 is 2.85 bits per heavy atom. The predicted molar refractivity (Wildman–Crippen MR) is 102 cm³/mol. The number of piperidine rings is 1. The summed E-state index contributed by atoms with van der Waals surface area (Å²) in [4.78, 5) is 18.5. The Balaban J connectivity index is 1.63. The highest BCUT2D eigenvalue weighted by atomic mass is 32.1. The number of carbonyl (C=O) groups excluding carboxylic acids is 1. The van der Waals surface area contributed by atoms with Crippen molar-refractivity contribution in [3.63, 3.8) is 0 Å². The summed E-state index contributed by atoms with van der Waals surface area (Å²) in [5, 5.41) is 15.4. The lowest BCUT2D eigenvalue weighted by atomic mass is 9.74. The number of nitrogens with one attached hydrogen (secondary N) is 1. The summed E-state index contributed by atoms with van der Waals surface area (Å²) < 4.78 is 13.3. The average Bonchev–Trinajstić information content (AvgIpc) is 3.02. The van der Waals surface area contributed by atoms with Crippen LogP contribution in [0.5, 0.6) is 0 Å². The van der Waals surface area contributed by atoms with E-state index in [9.17, 15) is 14.3 Å². The fourth-order valence-electron chi connectivity index (χ4n) is 3.41. The molecule has 2 aromatic rings. The fraction of sp³-hybridized carbons (Fsp3) is 0.474. The van der Waals surface area contributed by atoms with Crippen molar-refractivity contribution in [2.45, 2.75) is 33.3 Å². The van der Waals surface area contributed by atoms with E-state index in [0.717, 1.165) is 6.42 Å². The molecule has 26 heavy (non-hydrogen) atoms. The number of hydrogen-bond donors (Lipinski definition) is 2. The molecule has 1 aliphatic heterocycles. The monoisotopic (exact) mass is 377 g/mol. The van der Waals surface area contributed by atoms with Gasteiger partial charge in [-0.1, -0.05) is 32.9 Å². The molecule has 2 heterocycles. The molecular formula is C19H24FN3O2S. The molecule has 2 N–H and O–H groups in total. The van der Waals surface area contributed by atoms with Crippen molar-refractivity contribution in [2.24, 2.45) is 11.3 Å². The number of likely N-dealkylation sites (tertiary alicyclic amines) is 1. The molecule has 3 rings (SSSR count). The highest BCUT2D eigenvalue weighted by molar-refractivity contribution is 7.14. The molecule has 0 spiro atoms. The summed E-state index contributed by atoms with van der Waals surface area (Å²) in [7, 11) is 0. The minimum Gasteiger partial charge on any atom is -0.391 e. The number of nitrogens with zero attached hydrogens (tertiary/aromatic N) is 2.